The van der Waals surface area contributed by atoms with Crippen molar-refractivity contribution in [2.24, 2.45) is 17.8 Å². The van der Waals surface area contributed by atoms with E-state index in [-0.39, 0.29) is 18.4 Å². The molecule has 0 bridgehead atoms. The zero-order valence-corrected chi connectivity index (χ0v) is 18.9. The van der Waals surface area contributed by atoms with Crippen molar-refractivity contribution in [3.8, 4) is 0 Å². The highest BCUT2D eigenvalue weighted by molar-refractivity contribution is 7.86. The van der Waals surface area contributed by atoms with E-state index in [1.165, 1.54) is 4.31 Å². The molecule has 29 heavy (non-hydrogen) atoms. The molecule has 2 heterocycles. The molecule has 2 saturated heterocycles. The number of nitrogens with zero attached hydrogens (tertiary/aromatic N) is 2. The van der Waals surface area contributed by atoms with Gasteiger partial charge >= 0.3 is 0 Å². The molecule has 1 amide bonds. The third kappa shape index (κ3) is 5.94. The standard InChI is InChI=1S/C21H32ClN3O3S/c1-16-12-17(2)14-25(13-16)29(27,28)24-11-3-4-19(15-24)21(26)23-10-9-18-5-7-20(22)8-6-18/h5-8,16-17,19H,3-4,9-15H2,1-2H3,(H,23,26)/t16-,17-,19-/m1/s1. The van der Waals surface area contributed by atoms with Crippen molar-refractivity contribution < 1.29 is 13.2 Å². The molecule has 0 unspecified atom stereocenters. The SMILES string of the molecule is C[C@@H]1C[C@@H](C)CN(S(=O)(=O)N2CCC[C@@H](C(=O)NCCc3ccc(Cl)cc3)C2)C1. The van der Waals surface area contributed by atoms with Crippen LogP contribution in [-0.4, -0.2) is 55.7 Å². The lowest BCUT2D eigenvalue weighted by molar-refractivity contribution is -0.126. The molecule has 0 spiro atoms. The van der Waals surface area contributed by atoms with Crippen molar-refractivity contribution in [3.05, 3.63) is 34.9 Å². The van der Waals surface area contributed by atoms with E-state index in [4.69, 9.17) is 11.6 Å². The Bertz CT molecular complexity index is 790. The van der Waals surface area contributed by atoms with E-state index < -0.39 is 10.2 Å². The van der Waals surface area contributed by atoms with Crippen LogP contribution in [0.3, 0.4) is 0 Å². The third-order valence-electron chi connectivity index (χ3n) is 5.87. The van der Waals surface area contributed by atoms with E-state index in [2.05, 4.69) is 19.2 Å². The van der Waals surface area contributed by atoms with Crippen LogP contribution in [0.5, 0.6) is 0 Å². The van der Waals surface area contributed by atoms with Crippen LogP contribution in [0.4, 0.5) is 0 Å². The predicted molar refractivity (Wildman–Crippen MR) is 116 cm³/mol. The van der Waals surface area contributed by atoms with E-state index >= 15 is 0 Å². The Morgan fingerprint density at radius 1 is 1.10 bits per heavy atom. The second kappa shape index (κ2) is 9.77. The molecule has 2 aliphatic rings. The molecule has 1 aromatic rings. The Balaban J connectivity index is 1.53. The molecule has 1 N–H and O–H groups in total. The molecule has 6 nitrogen and oxygen atoms in total. The maximum atomic E-state index is 13.1. The number of hydrogen-bond donors (Lipinski definition) is 1. The first-order valence-corrected chi connectivity index (χ1v) is 12.3. The molecular formula is C21H32ClN3O3S. The van der Waals surface area contributed by atoms with Crippen molar-refractivity contribution in [2.75, 3.05) is 32.7 Å². The third-order valence-corrected chi connectivity index (χ3v) is 8.06. The minimum atomic E-state index is -3.51. The van der Waals surface area contributed by atoms with Crippen LogP contribution in [0.25, 0.3) is 0 Å². The zero-order chi connectivity index (χ0) is 21.0. The lowest BCUT2D eigenvalue weighted by Gasteiger charge is -2.39. The zero-order valence-electron chi connectivity index (χ0n) is 17.3. The first-order chi connectivity index (χ1) is 13.8. The van der Waals surface area contributed by atoms with Gasteiger partial charge in [-0.05, 0) is 55.2 Å². The Hall–Kier alpha value is -1.15. The van der Waals surface area contributed by atoms with Gasteiger partial charge in [-0.1, -0.05) is 37.6 Å². The van der Waals surface area contributed by atoms with Gasteiger partial charge in [-0.3, -0.25) is 4.79 Å². The van der Waals surface area contributed by atoms with E-state index in [9.17, 15) is 13.2 Å². The van der Waals surface area contributed by atoms with Gasteiger partial charge in [0.2, 0.25) is 5.91 Å². The molecule has 0 aromatic heterocycles. The molecule has 1 aromatic carbocycles. The maximum Gasteiger partial charge on any atom is 0.282 e. The summed E-state index contributed by atoms with van der Waals surface area (Å²) in [7, 11) is -3.51. The number of benzene rings is 1. The summed E-state index contributed by atoms with van der Waals surface area (Å²) in [6, 6.07) is 7.57. The summed E-state index contributed by atoms with van der Waals surface area (Å²) in [5.74, 6) is 0.387. The summed E-state index contributed by atoms with van der Waals surface area (Å²) < 4.78 is 29.4. The number of carbonyl (C=O) groups excluding carboxylic acids is 1. The van der Waals surface area contributed by atoms with Gasteiger partial charge in [0, 0.05) is 37.7 Å². The first kappa shape index (κ1) is 22.5. The number of piperidine rings is 2. The Labute approximate surface area is 179 Å². The molecule has 0 radical (unpaired) electrons. The second-order valence-electron chi connectivity index (χ2n) is 8.64. The normalized spacial score (nSPS) is 26.9. The Morgan fingerprint density at radius 3 is 2.41 bits per heavy atom. The van der Waals surface area contributed by atoms with E-state index in [0.717, 1.165) is 24.8 Å². The van der Waals surface area contributed by atoms with Crippen LogP contribution in [0.15, 0.2) is 24.3 Å². The van der Waals surface area contributed by atoms with Crippen molar-refractivity contribution in [1.29, 1.82) is 0 Å². The highest BCUT2D eigenvalue weighted by Crippen LogP contribution is 2.27. The van der Waals surface area contributed by atoms with Crippen molar-refractivity contribution >= 4 is 27.7 Å². The van der Waals surface area contributed by atoms with Crippen LogP contribution in [0.2, 0.25) is 5.02 Å². The molecule has 3 rings (SSSR count). The average molecular weight is 442 g/mol. The quantitative estimate of drug-likeness (QED) is 0.737. The Morgan fingerprint density at radius 2 is 1.76 bits per heavy atom. The van der Waals surface area contributed by atoms with Crippen LogP contribution in [0, 0.1) is 17.8 Å². The van der Waals surface area contributed by atoms with Crippen LogP contribution in [-0.2, 0) is 21.4 Å². The number of halogens is 1. The van der Waals surface area contributed by atoms with Gasteiger partial charge in [-0.15, -0.1) is 0 Å². The minimum absolute atomic E-state index is 0.0563. The molecule has 8 heteroatoms. The van der Waals surface area contributed by atoms with Gasteiger partial charge in [0.25, 0.3) is 10.2 Å². The number of carbonyl (C=O) groups is 1. The van der Waals surface area contributed by atoms with Crippen LogP contribution >= 0.6 is 11.6 Å². The van der Waals surface area contributed by atoms with Gasteiger partial charge in [-0.25, -0.2) is 0 Å². The first-order valence-electron chi connectivity index (χ1n) is 10.5. The highest BCUT2D eigenvalue weighted by atomic mass is 35.5. The number of amides is 1. The monoisotopic (exact) mass is 441 g/mol. The summed E-state index contributed by atoms with van der Waals surface area (Å²) in [5.41, 5.74) is 1.11. The lowest BCUT2D eigenvalue weighted by atomic mass is 9.94. The summed E-state index contributed by atoms with van der Waals surface area (Å²) in [6.45, 7) is 6.65. The van der Waals surface area contributed by atoms with E-state index in [1.807, 2.05) is 24.3 Å². The number of rotatable bonds is 6. The Kier molecular flexibility index (Phi) is 7.59. The number of nitrogens with one attached hydrogen (secondary N) is 1. The van der Waals surface area contributed by atoms with Crippen molar-refractivity contribution in [3.63, 3.8) is 0 Å². The molecule has 0 aliphatic carbocycles. The van der Waals surface area contributed by atoms with Gasteiger partial charge < -0.3 is 5.32 Å². The minimum Gasteiger partial charge on any atom is -0.355 e. The van der Waals surface area contributed by atoms with Crippen molar-refractivity contribution in [1.82, 2.24) is 13.9 Å². The van der Waals surface area contributed by atoms with Gasteiger partial charge in [0.1, 0.15) is 0 Å². The summed E-state index contributed by atoms with van der Waals surface area (Å²) in [4.78, 5) is 12.6. The van der Waals surface area contributed by atoms with Crippen molar-refractivity contribution in [2.45, 2.75) is 39.5 Å². The molecule has 0 saturated carbocycles. The maximum absolute atomic E-state index is 13.1. The summed E-state index contributed by atoms with van der Waals surface area (Å²) in [5, 5.41) is 3.67. The van der Waals surface area contributed by atoms with Crippen LogP contribution < -0.4 is 5.32 Å². The highest BCUT2D eigenvalue weighted by Gasteiger charge is 2.38. The smallest absolute Gasteiger partial charge is 0.282 e. The molecule has 2 aliphatic heterocycles. The molecule has 3 atom stereocenters. The fraction of sp³-hybridized carbons (Fsp3) is 0.667. The van der Waals surface area contributed by atoms with E-state index in [0.29, 0.717) is 49.5 Å². The largest absolute Gasteiger partial charge is 0.355 e. The predicted octanol–water partition coefficient (Wildman–Crippen LogP) is 2.93. The second-order valence-corrected chi connectivity index (χ2v) is 11.0. The number of hydrogen-bond acceptors (Lipinski definition) is 3. The molecule has 2 fully saturated rings. The fourth-order valence-electron chi connectivity index (χ4n) is 4.45. The van der Waals surface area contributed by atoms with Gasteiger partial charge in [0.05, 0.1) is 5.92 Å². The lowest BCUT2D eigenvalue weighted by Crippen LogP contribution is -2.53. The molecular weight excluding hydrogens is 410 g/mol. The van der Waals surface area contributed by atoms with Crippen LogP contribution in [0.1, 0.15) is 38.7 Å². The molecule has 162 valence electrons. The fourth-order valence-corrected chi connectivity index (χ4v) is 6.52. The van der Waals surface area contributed by atoms with Gasteiger partial charge in [0.15, 0.2) is 0 Å². The average Bonchev–Trinajstić information content (AvgIpc) is 2.69. The summed E-state index contributed by atoms with van der Waals surface area (Å²) >= 11 is 5.89. The van der Waals surface area contributed by atoms with E-state index in [1.54, 1.807) is 4.31 Å². The topological polar surface area (TPSA) is 69.7 Å². The summed E-state index contributed by atoms with van der Waals surface area (Å²) in [6.07, 6.45) is 3.23. The van der Waals surface area contributed by atoms with Gasteiger partial charge in [-0.2, -0.15) is 17.0 Å².